The quantitative estimate of drug-likeness (QED) is 0.453. The van der Waals surface area contributed by atoms with E-state index in [4.69, 9.17) is 5.53 Å². The first-order chi connectivity index (χ1) is 7.85. The summed E-state index contributed by atoms with van der Waals surface area (Å²) in [7, 11) is 0. The standard InChI is InChI=1S/C10H11N5S/c1-2-15-9(6-12-14-11)5-10(13-15)8-3-4-16-7-8/h3-5,7H,2,6H2,1H3. The SMILES string of the molecule is CCn1nc(-c2ccsc2)cc1CN=[N+]=[N-]. The molecular weight excluding hydrogens is 222 g/mol. The highest BCUT2D eigenvalue weighted by Gasteiger charge is 2.07. The lowest BCUT2D eigenvalue weighted by molar-refractivity contribution is 0.624. The molecule has 82 valence electrons. The minimum atomic E-state index is 0.349. The third kappa shape index (κ3) is 2.08. The molecule has 0 aliphatic rings. The highest BCUT2D eigenvalue weighted by atomic mass is 32.1. The first kappa shape index (κ1) is 10.7. The third-order valence-corrected chi connectivity index (χ3v) is 2.96. The highest BCUT2D eigenvalue weighted by Crippen LogP contribution is 2.22. The summed E-state index contributed by atoms with van der Waals surface area (Å²) in [4.78, 5) is 2.76. The van der Waals surface area contributed by atoms with Crippen molar-refractivity contribution in [2.45, 2.75) is 20.0 Å². The van der Waals surface area contributed by atoms with Gasteiger partial charge in [0.2, 0.25) is 0 Å². The van der Waals surface area contributed by atoms with E-state index in [2.05, 4.69) is 20.5 Å². The molecule has 0 fully saturated rings. The Hall–Kier alpha value is -1.78. The number of rotatable bonds is 4. The van der Waals surface area contributed by atoms with E-state index in [1.807, 2.05) is 29.1 Å². The topological polar surface area (TPSA) is 66.6 Å². The van der Waals surface area contributed by atoms with Crippen molar-refractivity contribution in [1.29, 1.82) is 0 Å². The summed E-state index contributed by atoms with van der Waals surface area (Å²) in [6, 6.07) is 4.00. The molecule has 2 aromatic heterocycles. The van der Waals surface area contributed by atoms with Gasteiger partial charge in [-0.05, 0) is 30.0 Å². The molecule has 16 heavy (non-hydrogen) atoms. The number of thiophene rings is 1. The zero-order valence-electron chi connectivity index (χ0n) is 8.87. The zero-order chi connectivity index (χ0) is 11.4. The van der Waals surface area contributed by atoms with Crippen LogP contribution in [-0.2, 0) is 13.1 Å². The lowest BCUT2D eigenvalue weighted by Gasteiger charge is -1.99. The Morgan fingerprint density at radius 2 is 2.50 bits per heavy atom. The van der Waals surface area contributed by atoms with Crippen LogP contribution in [0.5, 0.6) is 0 Å². The van der Waals surface area contributed by atoms with E-state index in [9.17, 15) is 0 Å². The summed E-state index contributed by atoms with van der Waals surface area (Å²) in [6.07, 6.45) is 0. The van der Waals surface area contributed by atoms with Gasteiger partial charge in [-0.3, -0.25) is 4.68 Å². The Labute approximate surface area is 97.0 Å². The number of nitrogens with zero attached hydrogens (tertiary/aromatic N) is 5. The second kappa shape index (κ2) is 4.83. The summed E-state index contributed by atoms with van der Waals surface area (Å²) in [5.74, 6) is 0. The Morgan fingerprint density at radius 3 is 3.12 bits per heavy atom. The summed E-state index contributed by atoms with van der Waals surface area (Å²) in [5, 5.41) is 12.1. The van der Waals surface area contributed by atoms with Crippen LogP contribution in [0.1, 0.15) is 12.6 Å². The normalized spacial score (nSPS) is 10.1. The van der Waals surface area contributed by atoms with Gasteiger partial charge >= 0.3 is 0 Å². The third-order valence-electron chi connectivity index (χ3n) is 2.28. The molecule has 0 saturated heterocycles. The molecular formula is C10H11N5S. The lowest BCUT2D eigenvalue weighted by atomic mass is 10.2. The average molecular weight is 233 g/mol. The van der Waals surface area contributed by atoms with Gasteiger partial charge in [-0.1, -0.05) is 5.11 Å². The smallest absolute Gasteiger partial charge is 0.0934 e. The predicted molar refractivity (Wildman–Crippen MR) is 64.1 cm³/mol. The van der Waals surface area contributed by atoms with Crippen molar-refractivity contribution in [2.75, 3.05) is 0 Å². The fourth-order valence-electron chi connectivity index (χ4n) is 1.51. The maximum atomic E-state index is 8.31. The molecule has 0 radical (unpaired) electrons. The van der Waals surface area contributed by atoms with Crippen LogP contribution in [0.4, 0.5) is 0 Å². The number of aryl methyl sites for hydroxylation is 1. The van der Waals surface area contributed by atoms with Crippen LogP contribution in [0.2, 0.25) is 0 Å². The van der Waals surface area contributed by atoms with Gasteiger partial charge in [-0.15, -0.1) is 0 Å². The van der Waals surface area contributed by atoms with Gasteiger partial charge in [-0.2, -0.15) is 16.4 Å². The average Bonchev–Trinajstić information content (AvgIpc) is 2.94. The van der Waals surface area contributed by atoms with Crippen LogP contribution in [0, 0.1) is 0 Å². The van der Waals surface area contributed by atoms with Crippen LogP contribution in [-0.4, -0.2) is 9.78 Å². The Morgan fingerprint density at radius 1 is 1.62 bits per heavy atom. The second-order valence-corrected chi connectivity index (χ2v) is 4.02. The minimum absolute atomic E-state index is 0.349. The van der Waals surface area contributed by atoms with Gasteiger partial charge in [0.1, 0.15) is 0 Å². The van der Waals surface area contributed by atoms with Crippen molar-refractivity contribution in [1.82, 2.24) is 9.78 Å². The van der Waals surface area contributed by atoms with E-state index >= 15 is 0 Å². The molecule has 6 heteroatoms. The molecule has 0 aromatic carbocycles. The lowest BCUT2D eigenvalue weighted by Crippen LogP contribution is -2.01. The number of hydrogen-bond donors (Lipinski definition) is 0. The molecule has 0 spiro atoms. The first-order valence-electron chi connectivity index (χ1n) is 4.95. The molecule has 2 heterocycles. The molecule has 0 atom stereocenters. The molecule has 0 unspecified atom stereocenters. The molecule has 0 saturated carbocycles. The second-order valence-electron chi connectivity index (χ2n) is 3.24. The van der Waals surface area contributed by atoms with Crippen molar-refractivity contribution in [2.24, 2.45) is 5.11 Å². The molecule has 2 aromatic rings. The van der Waals surface area contributed by atoms with Gasteiger partial charge < -0.3 is 0 Å². The van der Waals surface area contributed by atoms with Crippen molar-refractivity contribution in [3.63, 3.8) is 0 Å². The Balaban J connectivity index is 2.35. The van der Waals surface area contributed by atoms with Gasteiger partial charge in [0.15, 0.2) is 0 Å². The van der Waals surface area contributed by atoms with Crippen LogP contribution in [0.25, 0.3) is 21.7 Å². The fourth-order valence-corrected chi connectivity index (χ4v) is 2.16. The molecule has 0 amide bonds. The molecule has 5 nitrogen and oxygen atoms in total. The fraction of sp³-hybridized carbons (Fsp3) is 0.300. The van der Waals surface area contributed by atoms with E-state index in [1.54, 1.807) is 11.3 Å². The van der Waals surface area contributed by atoms with Crippen molar-refractivity contribution in [3.8, 4) is 11.3 Å². The predicted octanol–water partition coefficient (Wildman–Crippen LogP) is 3.44. The highest BCUT2D eigenvalue weighted by molar-refractivity contribution is 7.08. The van der Waals surface area contributed by atoms with E-state index in [-0.39, 0.29) is 0 Å². The van der Waals surface area contributed by atoms with Crippen molar-refractivity contribution in [3.05, 3.63) is 39.0 Å². The molecule has 0 aliphatic carbocycles. The Bertz CT molecular complexity index is 507. The van der Waals surface area contributed by atoms with Gasteiger partial charge in [0.05, 0.1) is 12.2 Å². The maximum absolute atomic E-state index is 8.31. The maximum Gasteiger partial charge on any atom is 0.0934 e. The van der Waals surface area contributed by atoms with Crippen LogP contribution in [0.15, 0.2) is 28.0 Å². The molecule has 0 bridgehead atoms. The Kier molecular flexibility index (Phi) is 3.24. The monoisotopic (exact) mass is 233 g/mol. The summed E-state index contributed by atoms with van der Waals surface area (Å²) >= 11 is 1.64. The van der Waals surface area contributed by atoms with E-state index in [1.165, 1.54) is 0 Å². The summed E-state index contributed by atoms with van der Waals surface area (Å²) in [6.45, 7) is 3.14. The zero-order valence-corrected chi connectivity index (χ0v) is 9.68. The number of hydrogen-bond acceptors (Lipinski definition) is 3. The number of azide groups is 1. The summed E-state index contributed by atoms with van der Waals surface area (Å²) in [5.41, 5.74) is 11.3. The van der Waals surface area contributed by atoms with Crippen LogP contribution < -0.4 is 0 Å². The molecule has 0 N–H and O–H groups in total. The first-order valence-corrected chi connectivity index (χ1v) is 5.89. The van der Waals surface area contributed by atoms with Gasteiger partial charge in [0.25, 0.3) is 0 Å². The minimum Gasteiger partial charge on any atom is -0.269 e. The van der Waals surface area contributed by atoms with Crippen LogP contribution in [0.3, 0.4) is 0 Å². The van der Waals surface area contributed by atoms with E-state index in [0.717, 1.165) is 23.5 Å². The van der Waals surface area contributed by atoms with Crippen molar-refractivity contribution < 1.29 is 0 Å². The van der Waals surface area contributed by atoms with Gasteiger partial charge in [0, 0.05) is 28.1 Å². The molecule has 2 rings (SSSR count). The largest absolute Gasteiger partial charge is 0.269 e. The summed E-state index contributed by atoms with van der Waals surface area (Å²) < 4.78 is 1.86. The van der Waals surface area contributed by atoms with E-state index < -0.39 is 0 Å². The van der Waals surface area contributed by atoms with Crippen molar-refractivity contribution >= 4 is 11.3 Å². The van der Waals surface area contributed by atoms with Crippen LogP contribution >= 0.6 is 11.3 Å². The van der Waals surface area contributed by atoms with Gasteiger partial charge in [-0.25, -0.2) is 0 Å². The number of aromatic nitrogens is 2. The molecule has 0 aliphatic heterocycles. The van der Waals surface area contributed by atoms with E-state index in [0.29, 0.717) is 6.54 Å².